The standard InChI is InChI=1S/C15H24O/c1-10-5-6-15(16)12(10)9-13(2,3)7-11-8-14(11,15)4/h9-11,16H,5-8H2,1-4H3/t10-,11+,14-,15+/m1/s1. The van der Waals surface area contributed by atoms with E-state index in [0.717, 1.165) is 12.3 Å². The van der Waals surface area contributed by atoms with Crippen LogP contribution in [-0.4, -0.2) is 10.7 Å². The summed E-state index contributed by atoms with van der Waals surface area (Å²) < 4.78 is 0. The summed E-state index contributed by atoms with van der Waals surface area (Å²) in [4.78, 5) is 0. The highest BCUT2D eigenvalue weighted by Crippen LogP contribution is 2.70. The van der Waals surface area contributed by atoms with Gasteiger partial charge in [-0.05, 0) is 48.5 Å². The monoisotopic (exact) mass is 220 g/mol. The Morgan fingerprint density at radius 3 is 2.62 bits per heavy atom. The van der Waals surface area contributed by atoms with Gasteiger partial charge >= 0.3 is 0 Å². The van der Waals surface area contributed by atoms with Gasteiger partial charge in [0.2, 0.25) is 0 Å². The highest BCUT2D eigenvalue weighted by atomic mass is 16.3. The summed E-state index contributed by atoms with van der Waals surface area (Å²) in [7, 11) is 0. The highest BCUT2D eigenvalue weighted by molar-refractivity contribution is 5.36. The molecule has 1 N–H and O–H groups in total. The van der Waals surface area contributed by atoms with E-state index >= 15 is 0 Å². The molecule has 3 aliphatic carbocycles. The molecule has 0 radical (unpaired) electrons. The van der Waals surface area contributed by atoms with Crippen LogP contribution in [0.4, 0.5) is 0 Å². The molecule has 0 aromatic carbocycles. The van der Waals surface area contributed by atoms with E-state index in [4.69, 9.17) is 0 Å². The minimum absolute atomic E-state index is 0.192. The lowest BCUT2D eigenvalue weighted by molar-refractivity contribution is 0.00855. The Hall–Kier alpha value is -0.300. The first-order chi connectivity index (χ1) is 7.29. The zero-order chi connectivity index (χ0) is 11.8. The van der Waals surface area contributed by atoms with Crippen LogP contribution in [0.2, 0.25) is 0 Å². The van der Waals surface area contributed by atoms with Crippen molar-refractivity contribution in [3.8, 4) is 0 Å². The SMILES string of the molecule is C[C@@H]1CC[C@]2(O)C1=CC(C)(C)C[C@H]1C[C@]12C. The largest absolute Gasteiger partial charge is 0.385 e. The second-order valence-electron chi connectivity index (χ2n) is 7.41. The molecule has 4 atom stereocenters. The van der Waals surface area contributed by atoms with Crippen molar-refractivity contribution in [1.82, 2.24) is 0 Å². The predicted molar refractivity (Wildman–Crippen MR) is 66.0 cm³/mol. The van der Waals surface area contributed by atoms with Crippen molar-refractivity contribution in [2.75, 3.05) is 0 Å². The second-order valence-corrected chi connectivity index (χ2v) is 7.41. The number of hydrogen-bond acceptors (Lipinski definition) is 1. The minimum Gasteiger partial charge on any atom is -0.385 e. The number of rotatable bonds is 0. The Kier molecular flexibility index (Phi) is 1.86. The van der Waals surface area contributed by atoms with Gasteiger partial charge in [-0.1, -0.05) is 33.8 Å². The lowest BCUT2D eigenvalue weighted by atomic mass is 9.78. The second kappa shape index (κ2) is 2.75. The Labute approximate surface area is 98.9 Å². The van der Waals surface area contributed by atoms with Gasteiger partial charge in [0, 0.05) is 5.41 Å². The molecule has 0 bridgehead atoms. The lowest BCUT2D eigenvalue weighted by Crippen LogP contribution is -2.38. The van der Waals surface area contributed by atoms with Crippen molar-refractivity contribution in [3.63, 3.8) is 0 Å². The molecule has 0 heterocycles. The molecule has 0 aromatic heterocycles. The fraction of sp³-hybridized carbons (Fsp3) is 0.867. The maximum atomic E-state index is 11.1. The van der Waals surface area contributed by atoms with Crippen molar-refractivity contribution >= 4 is 0 Å². The van der Waals surface area contributed by atoms with Crippen molar-refractivity contribution in [2.24, 2.45) is 22.7 Å². The maximum absolute atomic E-state index is 11.1. The highest BCUT2D eigenvalue weighted by Gasteiger charge is 2.67. The van der Waals surface area contributed by atoms with Crippen molar-refractivity contribution in [1.29, 1.82) is 0 Å². The molecule has 0 amide bonds. The van der Waals surface area contributed by atoms with E-state index in [1.165, 1.54) is 24.8 Å². The molecule has 3 rings (SSSR count). The van der Waals surface area contributed by atoms with E-state index in [1.807, 2.05) is 0 Å². The predicted octanol–water partition coefficient (Wildman–Crippen LogP) is 3.53. The maximum Gasteiger partial charge on any atom is 0.0915 e. The molecule has 1 heteroatoms. The lowest BCUT2D eigenvalue weighted by Gasteiger charge is -2.33. The van der Waals surface area contributed by atoms with Gasteiger partial charge in [-0.3, -0.25) is 0 Å². The third-order valence-corrected chi connectivity index (χ3v) is 5.62. The van der Waals surface area contributed by atoms with E-state index in [-0.39, 0.29) is 10.8 Å². The minimum atomic E-state index is -0.467. The summed E-state index contributed by atoms with van der Waals surface area (Å²) in [5, 5.41) is 11.1. The van der Waals surface area contributed by atoms with Crippen LogP contribution in [0.25, 0.3) is 0 Å². The molecule has 2 fully saturated rings. The molecule has 0 unspecified atom stereocenters. The summed E-state index contributed by atoms with van der Waals surface area (Å²) in [5.74, 6) is 1.33. The first-order valence-electron chi connectivity index (χ1n) is 6.74. The average molecular weight is 220 g/mol. The zero-order valence-corrected chi connectivity index (χ0v) is 11.0. The van der Waals surface area contributed by atoms with Crippen LogP contribution >= 0.6 is 0 Å². The van der Waals surface area contributed by atoms with Crippen molar-refractivity contribution in [3.05, 3.63) is 11.6 Å². The van der Waals surface area contributed by atoms with Crippen LogP contribution in [0.3, 0.4) is 0 Å². The fourth-order valence-corrected chi connectivity index (χ4v) is 4.38. The van der Waals surface area contributed by atoms with Gasteiger partial charge in [-0.25, -0.2) is 0 Å². The molecule has 0 aromatic rings. The Balaban J connectivity index is 2.12. The zero-order valence-electron chi connectivity index (χ0n) is 11.0. The van der Waals surface area contributed by atoms with Crippen LogP contribution < -0.4 is 0 Å². The number of allylic oxidation sites excluding steroid dienone is 1. The normalized spacial score (nSPS) is 53.7. The van der Waals surface area contributed by atoms with E-state index in [9.17, 15) is 5.11 Å². The summed E-state index contributed by atoms with van der Waals surface area (Å²) in [6, 6.07) is 0. The number of fused-ring (bicyclic) bond motifs is 3. The van der Waals surface area contributed by atoms with Crippen LogP contribution in [0.5, 0.6) is 0 Å². The Morgan fingerprint density at radius 2 is 1.94 bits per heavy atom. The van der Waals surface area contributed by atoms with Crippen molar-refractivity contribution < 1.29 is 5.11 Å². The van der Waals surface area contributed by atoms with Crippen LogP contribution in [0, 0.1) is 22.7 Å². The van der Waals surface area contributed by atoms with Gasteiger partial charge in [-0.15, -0.1) is 0 Å². The summed E-state index contributed by atoms with van der Waals surface area (Å²) >= 11 is 0. The van der Waals surface area contributed by atoms with Crippen molar-refractivity contribution in [2.45, 2.75) is 59.0 Å². The van der Waals surface area contributed by atoms with Gasteiger partial charge in [-0.2, -0.15) is 0 Å². The summed E-state index contributed by atoms with van der Waals surface area (Å²) in [6.07, 6.45) is 7.05. The van der Waals surface area contributed by atoms with E-state index in [1.54, 1.807) is 0 Å². The van der Waals surface area contributed by atoms with Crippen LogP contribution in [0.15, 0.2) is 11.6 Å². The molecule has 3 aliphatic rings. The summed E-state index contributed by atoms with van der Waals surface area (Å²) in [6.45, 7) is 9.25. The number of aliphatic hydroxyl groups is 1. The Morgan fingerprint density at radius 1 is 1.25 bits per heavy atom. The topological polar surface area (TPSA) is 20.2 Å². The molecular weight excluding hydrogens is 196 g/mol. The summed E-state index contributed by atoms with van der Waals surface area (Å²) in [5.41, 5.74) is 1.36. The van der Waals surface area contributed by atoms with E-state index in [2.05, 4.69) is 33.8 Å². The quantitative estimate of drug-likeness (QED) is 0.619. The Bertz CT molecular complexity index is 368. The number of hydrogen-bond donors (Lipinski definition) is 1. The molecule has 2 saturated carbocycles. The molecular formula is C15H24O. The van der Waals surface area contributed by atoms with Gasteiger partial charge in [0.15, 0.2) is 0 Å². The molecule has 1 nitrogen and oxygen atoms in total. The first kappa shape index (κ1) is 10.8. The smallest absolute Gasteiger partial charge is 0.0915 e. The van der Waals surface area contributed by atoms with Crippen LogP contribution in [-0.2, 0) is 0 Å². The van der Waals surface area contributed by atoms with Crippen LogP contribution in [0.1, 0.15) is 53.4 Å². The molecule has 0 aliphatic heterocycles. The third-order valence-electron chi connectivity index (χ3n) is 5.62. The van der Waals surface area contributed by atoms with E-state index < -0.39 is 5.60 Å². The van der Waals surface area contributed by atoms with E-state index in [0.29, 0.717) is 5.92 Å². The van der Waals surface area contributed by atoms with Gasteiger partial charge in [0.25, 0.3) is 0 Å². The molecule has 0 saturated heterocycles. The third kappa shape index (κ3) is 1.16. The molecule has 90 valence electrons. The van der Waals surface area contributed by atoms with Gasteiger partial charge < -0.3 is 5.11 Å². The first-order valence-corrected chi connectivity index (χ1v) is 6.74. The average Bonchev–Trinajstić information content (AvgIpc) is 2.73. The molecule has 0 spiro atoms. The van der Waals surface area contributed by atoms with Gasteiger partial charge in [0.05, 0.1) is 5.60 Å². The fourth-order valence-electron chi connectivity index (χ4n) is 4.38. The van der Waals surface area contributed by atoms with Gasteiger partial charge in [0.1, 0.15) is 0 Å². The molecule has 16 heavy (non-hydrogen) atoms.